The first-order chi connectivity index (χ1) is 5.36. The molecule has 59 valence electrons. The topological polar surface area (TPSA) is 45.7 Å². The van der Waals surface area contributed by atoms with Crippen molar-refractivity contribution in [3.8, 4) is 0 Å². The Bertz CT molecular complexity index is 229. The smallest absolute Gasteiger partial charge is 0.190 e. The van der Waals surface area contributed by atoms with E-state index in [0.717, 1.165) is 23.9 Å². The first-order valence-electron chi connectivity index (χ1n) is 3.39. The molecule has 0 aliphatic heterocycles. The number of hydrogen-bond acceptors (Lipinski definition) is 3. The monoisotopic (exact) mass is 169 g/mol. The molecule has 0 saturated heterocycles. The highest BCUT2D eigenvalue weighted by molar-refractivity contribution is 7.98. The molecule has 1 aromatic rings. The predicted octanol–water partition coefficient (Wildman–Crippen LogP) is 1.52. The molecule has 0 bridgehead atoms. The summed E-state index contributed by atoms with van der Waals surface area (Å²) in [6.45, 7) is 2.02. The van der Waals surface area contributed by atoms with Crippen LogP contribution in [0.2, 0.25) is 0 Å². The summed E-state index contributed by atoms with van der Waals surface area (Å²) in [4.78, 5) is 8.06. The number of rotatable bonds is 3. The fourth-order valence-corrected chi connectivity index (χ4v) is 1.12. The van der Waals surface area contributed by atoms with Crippen LogP contribution < -0.4 is 0 Å². The number of aryl methyl sites for hydroxylation is 1. The largest absolute Gasteiger partial charge is 0.231 e. The van der Waals surface area contributed by atoms with Crippen molar-refractivity contribution in [2.75, 3.05) is 5.94 Å². The summed E-state index contributed by atoms with van der Waals surface area (Å²) >= 11 is 1.13. The lowest BCUT2D eigenvalue weighted by atomic mass is 10.3. The summed E-state index contributed by atoms with van der Waals surface area (Å²) in [5, 5.41) is 10.8. The first-order valence-corrected chi connectivity index (χ1v) is 4.38. The molecule has 11 heavy (non-hydrogen) atoms. The third kappa shape index (κ3) is 2.48. The summed E-state index contributed by atoms with van der Waals surface area (Å²) in [6.07, 6.45) is 2.57. The Labute approximate surface area is 69.9 Å². The minimum absolute atomic E-state index is 0.215. The van der Waals surface area contributed by atoms with Gasteiger partial charge in [-0.1, -0.05) is 18.7 Å². The van der Waals surface area contributed by atoms with Gasteiger partial charge in [-0.15, -0.1) is 0 Å². The average molecular weight is 169 g/mol. The molecule has 1 heterocycles. The molecule has 0 aliphatic carbocycles. The van der Waals surface area contributed by atoms with E-state index in [1.165, 1.54) is 0 Å². The van der Waals surface area contributed by atoms with Gasteiger partial charge in [0, 0.05) is 11.9 Å². The normalized spacial score (nSPS) is 10.0. The van der Waals surface area contributed by atoms with Crippen LogP contribution in [0.15, 0.2) is 17.4 Å². The van der Waals surface area contributed by atoms with E-state index in [1.807, 2.05) is 13.0 Å². The van der Waals surface area contributed by atoms with Crippen molar-refractivity contribution >= 4 is 11.8 Å². The number of thioether (sulfide) groups is 1. The summed E-state index contributed by atoms with van der Waals surface area (Å²) < 4.78 is 0. The first kappa shape index (κ1) is 8.49. The van der Waals surface area contributed by atoms with Gasteiger partial charge in [-0.2, -0.15) is 0 Å². The van der Waals surface area contributed by atoms with Crippen LogP contribution in [0.25, 0.3) is 0 Å². The Morgan fingerprint density at radius 1 is 1.64 bits per heavy atom. The molecule has 0 amide bonds. The molecule has 1 radical (unpaired) electrons. The van der Waals surface area contributed by atoms with Crippen LogP contribution >= 0.6 is 11.8 Å². The molecule has 3 nitrogen and oxygen atoms in total. The zero-order valence-corrected chi connectivity index (χ0v) is 7.10. The summed E-state index contributed by atoms with van der Waals surface area (Å²) in [5.74, 6) is -0.215. The molecule has 0 saturated carbocycles. The second kappa shape index (κ2) is 4.31. The van der Waals surface area contributed by atoms with E-state index in [4.69, 9.17) is 0 Å². The second-order valence-corrected chi connectivity index (χ2v) is 2.84. The molecule has 0 fully saturated rings. The van der Waals surface area contributed by atoms with Crippen LogP contribution in [0.3, 0.4) is 0 Å². The van der Waals surface area contributed by atoms with Gasteiger partial charge < -0.3 is 0 Å². The van der Waals surface area contributed by atoms with E-state index in [0.29, 0.717) is 5.16 Å². The van der Waals surface area contributed by atoms with Crippen LogP contribution in [0, 0.1) is 0 Å². The minimum atomic E-state index is -0.215. The predicted molar refractivity (Wildman–Crippen MR) is 42.8 cm³/mol. The van der Waals surface area contributed by atoms with Crippen molar-refractivity contribution in [3.63, 3.8) is 0 Å². The summed E-state index contributed by atoms with van der Waals surface area (Å²) in [5.41, 5.74) is 0.982. The molecule has 1 aromatic heterocycles. The highest BCUT2D eigenvalue weighted by Gasteiger charge is 1.96. The van der Waals surface area contributed by atoms with Gasteiger partial charge in [-0.05, 0) is 12.5 Å². The highest BCUT2D eigenvalue weighted by atomic mass is 32.2. The maximum atomic E-state index is 10.2. The second-order valence-electron chi connectivity index (χ2n) is 1.95. The minimum Gasteiger partial charge on any atom is -0.231 e. The van der Waals surface area contributed by atoms with E-state index in [9.17, 15) is 5.11 Å². The molecule has 0 spiro atoms. The van der Waals surface area contributed by atoms with Gasteiger partial charge in [0.2, 0.25) is 0 Å². The van der Waals surface area contributed by atoms with E-state index in [1.54, 1.807) is 6.20 Å². The van der Waals surface area contributed by atoms with Gasteiger partial charge in [0.15, 0.2) is 5.16 Å². The fraction of sp³-hybridized carbons (Fsp3) is 0.429. The van der Waals surface area contributed by atoms with Crippen molar-refractivity contribution in [2.45, 2.75) is 18.5 Å². The Morgan fingerprint density at radius 3 is 3.09 bits per heavy atom. The summed E-state index contributed by atoms with van der Waals surface area (Å²) in [7, 11) is 0. The van der Waals surface area contributed by atoms with Crippen molar-refractivity contribution in [2.24, 2.45) is 0 Å². The lowest BCUT2D eigenvalue weighted by Crippen LogP contribution is -1.91. The SMILES string of the molecule is CCc1ccnc(SC[O])n1. The number of aromatic nitrogens is 2. The molecule has 1 rings (SSSR count). The fourth-order valence-electron chi connectivity index (χ4n) is 0.695. The van der Waals surface area contributed by atoms with Crippen LogP contribution in [0.4, 0.5) is 0 Å². The molecule has 0 aliphatic rings. The van der Waals surface area contributed by atoms with Gasteiger partial charge >= 0.3 is 0 Å². The Kier molecular flexibility index (Phi) is 3.32. The Balaban J connectivity index is 2.74. The van der Waals surface area contributed by atoms with Crippen molar-refractivity contribution in [1.82, 2.24) is 9.97 Å². The van der Waals surface area contributed by atoms with E-state index in [-0.39, 0.29) is 5.94 Å². The zero-order valence-electron chi connectivity index (χ0n) is 6.28. The van der Waals surface area contributed by atoms with Crippen LogP contribution in [0.5, 0.6) is 0 Å². The van der Waals surface area contributed by atoms with E-state index in [2.05, 4.69) is 9.97 Å². The van der Waals surface area contributed by atoms with Gasteiger partial charge in [-0.25, -0.2) is 15.1 Å². The Hall–Kier alpha value is -0.610. The molecular formula is C7H9N2OS. The molecule has 0 aromatic carbocycles. The van der Waals surface area contributed by atoms with Crippen molar-refractivity contribution in [1.29, 1.82) is 0 Å². The Morgan fingerprint density at radius 2 is 2.45 bits per heavy atom. The third-order valence-corrected chi connectivity index (χ3v) is 1.81. The zero-order chi connectivity index (χ0) is 8.10. The van der Waals surface area contributed by atoms with Crippen LogP contribution in [0.1, 0.15) is 12.6 Å². The van der Waals surface area contributed by atoms with E-state index < -0.39 is 0 Å². The number of nitrogens with zero attached hydrogens (tertiary/aromatic N) is 2. The molecule has 0 unspecified atom stereocenters. The lowest BCUT2D eigenvalue weighted by Gasteiger charge is -1.97. The summed E-state index contributed by atoms with van der Waals surface area (Å²) in [6, 6.07) is 1.86. The van der Waals surface area contributed by atoms with Gasteiger partial charge in [0.25, 0.3) is 0 Å². The highest BCUT2D eigenvalue weighted by Crippen LogP contribution is 2.10. The quantitative estimate of drug-likeness (QED) is 0.391. The standard InChI is InChI=1S/C7H9N2OS/c1-2-6-3-4-8-7(9-6)11-5-10/h3-4H,2,5H2,1H3. The van der Waals surface area contributed by atoms with Gasteiger partial charge in [-0.3, -0.25) is 0 Å². The number of hydrogen-bond donors (Lipinski definition) is 0. The molecular weight excluding hydrogens is 160 g/mol. The molecule has 4 heteroatoms. The van der Waals surface area contributed by atoms with Crippen molar-refractivity contribution in [3.05, 3.63) is 18.0 Å². The third-order valence-electron chi connectivity index (χ3n) is 1.24. The van der Waals surface area contributed by atoms with E-state index >= 15 is 0 Å². The van der Waals surface area contributed by atoms with Crippen molar-refractivity contribution < 1.29 is 5.11 Å². The van der Waals surface area contributed by atoms with Crippen LogP contribution in [-0.2, 0) is 11.5 Å². The average Bonchev–Trinajstić information content (AvgIpc) is 2.06. The van der Waals surface area contributed by atoms with Gasteiger partial charge in [0.1, 0.15) is 5.94 Å². The molecule has 0 atom stereocenters. The van der Waals surface area contributed by atoms with Crippen LogP contribution in [-0.4, -0.2) is 15.9 Å². The maximum absolute atomic E-state index is 10.2. The van der Waals surface area contributed by atoms with Gasteiger partial charge in [0.05, 0.1) is 0 Å². The maximum Gasteiger partial charge on any atom is 0.190 e. The molecule has 0 N–H and O–H groups in total. The lowest BCUT2D eigenvalue weighted by molar-refractivity contribution is 0.260.